The Hall–Kier alpha value is -2.09. The summed E-state index contributed by atoms with van der Waals surface area (Å²) in [6, 6.07) is 20.5. The molecule has 3 atom stereocenters. The molecule has 0 bridgehead atoms. The van der Waals surface area contributed by atoms with Crippen molar-refractivity contribution < 1.29 is 9.90 Å². The molecule has 1 N–H and O–H groups in total. The molecule has 0 aliphatic heterocycles. The van der Waals surface area contributed by atoms with E-state index in [1.165, 1.54) is 5.56 Å². The van der Waals surface area contributed by atoms with E-state index >= 15 is 0 Å². The summed E-state index contributed by atoms with van der Waals surface area (Å²) in [5.41, 5.74) is 2.15. The molecule has 2 heteroatoms. The summed E-state index contributed by atoms with van der Waals surface area (Å²) < 4.78 is 0. The molecule has 0 saturated carbocycles. The van der Waals surface area contributed by atoms with Crippen LogP contribution in [-0.2, 0) is 17.6 Å². The molecular weight excluding hydrogens is 332 g/mol. The molecule has 2 aromatic rings. The van der Waals surface area contributed by atoms with Crippen LogP contribution in [0.2, 0.25) is 0 Å². The Balaban J connectivity index is 2.41. The van der Waals surface area contributed by atoms with Crippen LogP contribution >= 0.6 is 0 Å². The van der Waals surface area contributed by atoms with E-state index in [1.807, 2.05) is 24.3 Å². The van der Waals surface area contributed by atoms with Crippen LogP contribution in [0.1, 0.15) is 51.7 Å². The van der Waals surface area contributed by atoms with Crippen LogP contribution in [0.15, 0.2) is 60.7 Å². The second-order valence-electron chi connectivity index (χ2n) is 8.14. The van der Waals surface area contributed by atoms with E-state index in [0.29, 0.717) is 18.3 Å². The maximum atomic E-state index is 12.5. The van der Waals surface area contributed by atoms with E-state index in [0.717, 1.165) is 24.8 Å². The van der Waals surface area contributed by atoms with E-state index < -0.39 is 11.9 Å². The highest BCUT2D eigenvalue weighted by atomic mass is 16.4. The first-order valence-electron chi connectivity index (χ1n) is 10.2. The average molecular weight is 367 g/mol. The minimum atomic E-state index is -0.666. The van der Waals surface area contributed by atoms with Crippen LogP contribution in [0.25, 0.3) is 0 Å². The predicted molar refractivity (Wildman–Crippen MR) is 113 cm³/mol. The number of hydrogen-bond donors (Lipinski definition) is 1. The van der Waals surface area contributed by atoms with Gasteiger partial charge in [0.1, 0.15) is 0 Å². The van der Waals surface area contributed by atoms with Gasteiger partial charge in [-0.25, -0.2) is 0 Å². The molecule has 146 valence electrons. The molecule has 2 aromatic carbocycles. The molecule has 27 heavy (non-hydrogen) atoms. The summed E-state index contributed by atoms with van der Waals surface area (Å²) in [6.45, 7) is 8.84. The Bertz CT molecular complexity index is 693. The van der Waals surface area contributed by atoms with Gasteiger partial charge in [0.25, 0.3) is 0 Å². The highest BCUT2D eigenvalue weighted by Crippen LogP contribution is 2.49. The lowest BCUT2D eigenvalue weighted by Gasteiger charge is -2.47. The summed E-state index contributed by atoms with van der Waals surface area (Å²) in [6.07, 6.45) is 3.40. The second-order valence-corrected chi connectivity index (χ2v) is 8.14. The first-order valence-corrected chi connectivity index (χ1v) is 10.2. The standard InChI is InChI=1S/C25H34O2/c1-5-20(4)25(19(2)3,17-16-21-12-8-6-9-13-21)23(24(26)27)18-22-14-10-7-11-15-22/h6-15,19-20,23H,5,16-18H2,1-4H3,(H,26,27). The van der Waals surface area contributed by atoms with Gasteiger partial charge in [0.15, 0.2) is 0 Å². The number of hydrogen-bond acceptors (Lipinski definition) is 1. The van der Waals surface area contributed by atoms with Crippen molar-refractivity contribution in [2.45, 2.75) is 53.4 Å². The van der Waals surface area contributed by atoms with Gasteiger partial charge in [-0.1, -0.05) is 94.8 Å². The lowest BCUT2D eigenvalue weighted by atomic mass is 9.56. The Morgan fingerprint density at radius 2 is 1.44 bits per heavy atom. The second kappa shape index (κ2) is 9.73. The molecule has 0 heterocycles. The summed E-state index contributed by atoms with van der Waals surface area (Å²) >= 11 is 0. The van der Waals surface area contributed by atoms with Crippen LogP contribution in [0.3, 0.4) is 0 Å². The van der Waals surface area contributed by atoms with Gasteiger partial charge in [0.2, 0.25) is 0 Å². The first-order chi connectivity index (χ1) is 12.9. The first kappa shape index (κ1) is 21.2. The highest BCUT2D eigenvalue weighted by molar-refractivity contribution is 5.71. The molecule has 2 rings (SSSR count). The van der Waals surface area contributed by atoms with Gasteiger partial charge in [-0.15, -0.1) is 0 Å². The summed E-state index contributed by atoms with van der Waals surface area (Å²) in [5.74, 6) is -0.425. The van der Waals surface area contributed by atoms with Crippen LogP contribution in [0, 0.1) is 23.2 Å². The van der Waals surface area contributed by atoms with Crippen LogP contribution in [0.4, 0.5) is 0 Å². The monoisotopic (exact) mass is 366 g/mol. The zero-order valence-electron chi connectivity index (χ0n) is 17.2. The topological polar surface area (TPSA) is 37.3 Å². The van der Waals surface area contributed by atoms with E-state index in [4.69, 9.17) is 0 Å². The minimum absolute atomic E-state index is 0.244. The fourth-order valence-corrected chi connectivity index (χ4v) is 4.77. The molecule has 0 saturated heterocycles. The van der Waals surface area contributed by atoms with Crippen LogP contribution in [0.5, 0.6) is 0 Å². The molecule has 3 unspecified atom stereocenters. The molecule has 0 aliphatic rings. The van der Waals surface area contributed by atoms with Crippen molar-refractivity contribution >= 4 is 5.97 Å². The summed E-state index contributed by atoms with van der Waals surface area (Å²) in [7, 11) is 0. The SMILES string of the molecule is CCC(C)C(CCc1ccccc1)(C(C)C)C(Cc1ccccc1)C(=O)O. The molecule has 0 amide bonds. The van der Waals surface area contributed by atoms with Crippen molar-refractivity contribution in [3.8, 4) is 0 Å². The lowest BCUT2D eigenvalue weighted by molar-refractivity contribution is -0.151. The zero-order valence-corrected chi connectivity index (χ0v) is 17.2. The third kappa shape index (κ3) is 5.00. The third-order valence-corrected chi connectivity index (χ3v) is 6.52. The van der Waals surface area contributed by atoms with E-state index in [-0.39, 0.29) is 5.41 Å². The summed E-state index contributed by atoms with van der Waals surface area (Å²) in [4.78, 5) is 12.5. The van der Waals surface area contributed by atoms with Crippen molar-refractivity contribution in [2.75, 3.05) is 0 Å². The van der Waals surface area contributed by atoms with Crippen molar-refractivity contribution in [3.05, 3.63) is 71.8 Å². The van der Waals surface area contributed by atoms with Crippen LogP contribution in [-0.4, -0.2) is 11.1 Å². The molecule has 0 aliphatic carbocycles. The van der Waals surface area contributed by atoms with E-state index in [1.54, 1.807) is 0 Å². The van der Waals surface area contributed by atoms with E-state index in [9.17, 15) is 9.90 Å². The number of aliphatic carboxylic acids is 1. The van der Waals surface area contributed by atoms with Crippen LogP contribution < -0.4 is 0 Å². The number of aryl methyl sites for hydroxylation is 1. The van der Waals surface area contributed by atoms with Gasteiger partial charge >= 0.3 is 5.97 Å². The number of carboxylic acid groups (broad SMARTS) is 1. The fraction of sp³-hybridized carbons (Fsp3) is 0.480. The van der Waals surface area contributed by atoms with Gasteiger partial charge < -0.3 is 5.11 Å². The Kier molecular flexibility index (Phi) is 7.65. The van der Waals surface area contributed by atoms with Crippen molar-refractivity contribution in [1.82, 2.24) is 0 Å². The number of carbonyl (C=O) groups is 1. The third-order valence-electron chi connectivity index (χ3n) is 6.52. The fourth-order valence-electron chi connectivity index (χ4n) is 4.77. The predicted octanol–water partition coefficient (Wildman–Crippen LogP) is 6.25. The largest absolute Gasteiger partial charge is 0.481 e. The molecule has 0 fully saturated rings. The average Bonchev–Trinajstić information content (AvgIpc) is 2.68. The van der Waals surface area contributed by atoms with Gasteiger partial charge in [-0.2, -0.15) is 0 Å². The Morgan fingerprint density at radius 3 is 1.89 bits per heavy atom. The molecule has 0 radical (unpaired) electrons. The molecule has 2 nitrogen and oxygen atoms in total. The maximum absolute atomic E-state index is 12.5. The molecule has 0 aromatic heterocycles. The molecule has 0 spiro atoms. The minimum Gasteiger partial charge on any atom is -0.481 e. The highest BCUT2D eigenvalue weighted by Gasteiger charge is 2.48. The van der Waals surface area contributed by atoms with Crippen molar-refractivity contribution in [1.29, 1.82) is 0 Å². The number of carboxylic acids is 1. The Morgan fingerprint density at radius 1 is 0.926 bits per heavy atom. The van der Waals surface area contributed by atoms with E-state index in [2.05, 4.69) is 64.1 Å². The Labute approximate surface area is 164 Å². The quantitative estimate of drug-likeness (QED) is 0.539. The summed E-state index contributed by atoms with van der Waals surface area (Å²) in [5, 5.41) is 10.3. The lowest BCUT2D eigenvalue weighted by Crippen LogP contribution is -2.46. The smallest absolute Gasteiger partial charge is 0.307 e. The number of rotatable bonds is 10. The zero-order chi connectivity index (χ0) is 19.9. The molecular formula is C25H34O2. The maximum Gasteiger partial charge on any atom is 0.307 e. The van der Waals surface area contributed by atoms with Gasteiger partial charge in [0.05, 0.1) is 5.92 Å². The van der Waals surface area contributed by atoms with Crippen molar-refractivity contribution in [3.63, 3.8) is 0 Å². The number of benzene rings is 2. The van der Waals surface area contributed by atoms with Gasteiger partial charge in [-0.05, 0) is 47.6 Å². The van der Waals surface area contributed by atoms with Crippen molar-refractivity contribution in [2.24, 2.45) is 23.2 Å². The normalized spacial score (nSPS) is 15.9. The van der Waals surface area contributed by atoms with Gasteiger partial charge in [0, 0.05) is 0 Å². The van der Waals surface area contributed by atoms with Gasteiger partial charge in [-0.3, -0.25) is 4.79 Å².